The highest BCUT2D eigenvalue weighted by Gasteiger charge is 1.89. The Balaban J connectivity index is -0.000000175. The maximum absolute atomic E-state index is 10.3. The predicted molar refractivity (Wildman–Crippen MR) is 57.5 cm³/mol. The number of carbonyl (C=O) groups is 1. The fraction of sp³-hybridized carbons (Fsp3) is 0.909. The number of carbonyl (C=O) groups excluding carboxylic acids is 1. The van der Waals surface area contributed by atoms with Gasteiger partial charge in [0.1, 0.15) is 5.78 Å². The Morgan fingerprint density at radius 2 is 1.42 bits per heavy atom. The molecule has 0 aromatic carbocycles. The topological polar surface area (TPSA) is 17.1 Å². The molecule has 0 atom stereocenters. The first-order valence-corrected chi connectivity index (χ1v) is 5.26. The van der Waals surface area contributed by atoms with Crippen molar-refractivity contribution in [3.63, 3.8) is 0 Å². The molecule has 0 radical (unpaired) electrons. The maximum Gasteiger partial charge on any atom is 0.129 e. The molecule has 0 aromatic heterocycles. The number of rotatable bonds is 4. The van der Waals surface area contributed by atoms with Crippen LogP contribution in [0.5, 0.6) is 0 Å². The first kappa shape index (κ1) is 17.7. The molecule has 0 amide bonds. The van der Waals surface area contributed by atoms with Gasteiger partial charge in [-0.05, 0) is 13.3 Å². The average Bonchev–Trinajstić information content (AvgIpc) is 2.12. The van der Waals surface area contributed by atoms with Crippen LogP contribution in [0.15, 0.2) is 0 Å². The van der Waals surface area contributed by atoms with Crippen molar-refractivity contribution >= 4 is 5.78 Å². The first-order chi connectivity index (χ1) is 5.77. The van der Waals surface area contributed by atoms with Crippen LogP contribution in [0, 0.1) is 0 Å². The molecule has 0 saturated heterocycles. The van der Waals surface area contributed by atoms with Crippen LogP contribution >= 0.6 is 0 Å². The van der Waals surface area contributed by atoms with Gasteiger partial charge in [0.15, 0.2) is 0 Å². The van der Waals surface area contributed by atoms with Crippen molar-refractivity contribution in [3.8, 4) is 0 Å². The molecular weight excluding hydrogens is 148 g/mol. The van der Waals surface area contributed by atoms with Crippen LogP contribution in [0.4, 0.5) is 0 Å². The van der Waals surface area contributed by atoms with E-state index in [0.29, 0.717) is 5.78 Å². The second-order valence-electron chi connectivity index (χ2n) is 2.16. The Bertz CT molecular complexity index is 67.4. The quantitative estimate of drug-likeness (QED) is 0.583. The van der Waals surface area contributed by atoms with E-state index in [1.807, 2.05) is 27.7 Å². The molecule has 12 heavy (non-hydrogen) atoms. The Kier molecular flexibility index (Phi) is 33.0. The van der Waals surface area contributed by atoms with Gasteiger partial charge in [0.25, 0.3) is 0 Å². The summed E-state index contributed by atoms with van der Waals surface area (Å²) in [5.74, 6) is 0.318. The summed E-state index contributed by atoms with van der Waals surface area (Å²) in [6, 6.07) is 0. The Labute approximate surface area is 78.6 Å². The molecule has 0 saturated carbocycles. The second-order valence-corrected chi connectivity index (χ2v) is 2.16. The van der Waals surface area contributed by atoms with Gasteiger partial charge in [-0.2, -0.15) is 0 Å². The molecule has 0 aliphatic heterocycles. The van der Waals surface area contributed by atoms with Gasteiger partial charge in [-0.1, -0.05) is 47.5 Å². The summed E-state index contributed by atoms with van der Waals surface area (Å²) < 4.78 is 0. The van der Waals surface area contributed by atoms with Crippen LogP contribution < -0.4 is 0 Å². The largest absolute Gasteiger partial charge is 0.300 e. The summed E-state index contributed by atoms with van der Waals surface area (Å²) in [7, 11) is 0. The van der Waals surface area contributed by atoms with E-state index in [0.717, 1.165) is 12.8 Å². The van der Waals surface area contributed by atoms with Gasteiger partial charge in [-0.3, -0.25) is 0 Å². The van der Waals surface area contributed by atoms with Gasteiger partial charge in [0.05, 0.1) is 0 Å². The lowest BCUT2D eigenvalue weighted by atomic mass is 10.2. The van der Waals surface area contributed by atoms with Gasteiger partial charge < -0.3 is 4.79 Å². The molecule has 0 N–H and O–H groups in total. The van der Waals surface area contributed by atoms with E-state index in [4.69, 9.17) is 0 Å². The average molecular weight is 174 g/mol. The molecule has 0 aliphatic rings. The zero-order valence-corrected chi connectivity index (χ0v) is 9.74. The van der Waals surface area contributed by atoms with Crippen molar-refractivity contribution in [2.75, 3.05) is 0 Å². The molecule has 0 rings (SSSR count). The number of unbranched alkanes of at least 4 members (excludes halogenated alkanes) is 2. The fourth-order valence-electron chi connectivity index (χ4n) is 0.624. The highest BCUT2D eigenvalue weighted by atomic mass is 16.1. The van der Waals surface area contributed by atoms with Crippen molar-refractivity contribution in [1.29, 1.82) is 0 Å². The molecule has 0 fully saturated rings. The van der Waals surface area contributed by atoms with Gasteiger partial charge >= 0.3 is 0 Å². The van der Waals surface area contributed by atoms with E-state index in [-0.39, 0.29) is 0 Å². The highest BCUT2D eigenvalue weighted by Crippen LogP contribution is 1.98. The lowest BCUT2D eigenvalue weighted by Crippen LogP contribution is -1.87. The lowest BCUT2D eigenvalue weighted by Gasteiger charge is -1.90. The summed E-state index contributed by atoms with van der Waals surface area (Å²) >= 11 is 0. The minimum atomic E-state index is 0.318. The molecule has 1 nitrogen and oxygen atoms in total. The number of Topliss-reactive ketones (excluding diaryl/α,β-unsaturated/α-hetero) is 1. The molecule has 0 unspecified atom stereocenters. The third-order valence-corrected chi connectivity index (χ3v) is 1.13. The van der Waals surface area contributed by atoms with Crippen LogP contribution in [-0.2, 0) is 4.79 Å². The standard InChI is InChI=1S/C7H14O.2C2H6/c1-3-4-5-6-7(2)8;2*1-2/h3-6H2,1-2H3;2*1-2H3. The normalized spacial score (nSPS) is 7.17. The lowest BCUT2D eigenvalue weighted by molar-refractivity contribution is -0.117. The molecule has 76 valence electrons. The van der Waals surface area contributed by atoms with Crippen molar-refractivity contribution in [2.45, 2.75) is 67.2 Å². The summed E-state index contributed by atoms with van der Waals surface area (Å²) in [4.78, 5) is 10.3. The minimum Gasteiger partial charge on any atom is -0.300 e. The summed E-state index contributed by atoms with van der Waals surface area (Å²) in [6.45, 7) is 11.8. The first-order valence-electron chi connectivity index (χ1n) is 5.26. The summed E-state index contributed by atoms with van der Waals surface area (Å²) in [5, 5.41) is 0. The monoisotopic (exact) mass is 174 g/mol. The zero-order chi connectivity index (χ0) is 10.4. The van der Waals surface area contributed by atoms with Crippen LogP contribution in [0.25, 0.3) is 0 Å². The van der Waals surface area contributed by atoms with E-state index in [1.165, 1.54) is 12.8 Å². The van der Waals surface area contributed by atoms with Gasteiger partial charge in [0, 0.05) is 6.42 Å². The number of hydrogen-bond donors (Lipinski definition) is 0. The van der Waals surface area contributed by atoms with E-state index in [2.05, 4.69) is 6.92 Å². The molecule has 0 heterocycles. The van der Waals surface area contributed by atoms with Crippen molar-refractivity contribution in [3.05, 3.63) is 0 Å². The summed E-state index contributed by atoms with van der Waals surface area (Å²) in [6.07, 6.45) is 4.24. The minimum absolute atomic E-state index is 0.318. The Hall–Kier alpha value is -0.330. The van der Waals surface area contributed by atoms with E-state index >= 15 is 0 Å². The number of hydrogen-bond acceptors (Lipinski definition) is 1. The summed E-state index contributed by atoms with van der Waals surface area (Å²) in [5.41, 5.74) is 0. The van der Waals surface area contributed by atoms with Crippen molar-refractivity contribution in [1.82, 2.24) is 0 Å². The van der Waals surface area contributed by atoms with Gasteiger partial charge in [0.2, 0.25) is 0 Å². The third-order valence-electron chi connectivity index (χ3n) is 1.13. The van der Waals surface area contributed by atoms with Crippen LogP contribution in [0.1, 0.15) is 67.2 Å². The molecular formula is C11H26O. The van der Waals surface area contributed by atoms with E-state index in [9.17, 15) is 4.79 Å². The number of ketones is 1. The highest BCUT2D eigenvalue weighted by molar-refractivity contribution is 5.75. The zero-order valence-electron chi connectivity index (χ0n) is 9.74. The molecule has 0 aromatic rings. The fourth-order valence-corrected chi connectivity index (χ4v) is 0.624. The van der Waals surface area contributed by atoms with Crippen LogP contribution in [0.3, 0.4) is 0 Å². The third kappa shape index (κ3) is 33.3. The van der Waals surface area contributed by atoms with Crippen LogP contribution in [-0.4, -0.2) is 5.78 Å². The van der Waals surface area contributed by atoms with Gasteiger partial charge in [-0.25, -0.2) is 0 Å². The van der Waals surface area contributed by atoms with Gasteiger partial charge in [-0.15, -0.1) is 0 Å². The molecule has 0 spiro atoms. The van der Waals surface area contributed by atoms with Crippen molar-refractivity contribution in [2.24, 2.45) is 0 Å². The maximum atomic E-state index is 10.3. The smallest absolute Gasteiger partial charge is 0.129 e. The van der Waals surface area contributed by atoms with Crippen LogP contribution in [0.2, 0.25) is 0 Å². The predicted octanol–water partition coefficient (Wildman–Crippen LogP) is 4.21. The van der Waals surface area contributed by atoms with Crippen molar-refractivity contribution < 1.29 is 4.79 Å². The molecule has 0 aliphatic carbocycles. The Morgan fingerprint density at radius 1 is 1.00 bits per heavy atom. The Morgan fingerprint density at radius 3 is 1.67 bits per heavy atom. The molecule has 1 heteroatoms. The SMILES string of the molecule is CC.CC.CCCCCC(C)=O. The second kappa shape index (κ2) is 22.4. The molecule has 0 bridgehead atoms. The van der Waals surface area contributed by atoms with E-state index < -0.39 is 0 Å². The van der Waals surface area contributed by atoms with E-state index in [1.54, 1.807) is 6.92 Å².